The van der Waals surface area contributed by atoms with E-state index >= 15 is 0 Å². The molecule has 0 fully saturated rings. The number of carbonyl (C=O) groups is 1. The van der Waals surface area contributed by atoms with Gasteiger partial charge in [-0.25, -0.2) is 4.99 Å². The number of amidine groups is 1. The van der Waals surface area contributed by atoms with Crippen molar-refractivity contribution < 1.29 is 9.90 Å². The van der Waals surface area contributed by atoms with Gasteiger partial charge in [0.25, 0.3) is 0 Å². The zero-order valence-corrected chi connectivity index (χ0v) is 17.4. The van der Waals surface area contributed by atoms with Gasteiger partial charge in [-0.15, -0.1) is 0 Å². The second-order valence-electron chi connectivity index (χ2n) is 7.65. The number of carboxylic acid groups (broad SMARTS) is 1. The topological polar surface area (TPSA) is 61.7 Å². The average Bonchev–Trinajstić information content (AvgIpc) is 2.53. The molecule has 1 atom stereocenters. The summed E-state index contributed by atoms with van der Waals surface area (Å²) in [4.78, 5) is 16.3. The van der Waals surface area contributed by atoms with Crippen molar-refractivity contribution in [3.63, 3.8) is 0 Å². The average molecular weight is 367 g/mol. The molecule has 144 valence electrons. The summed E-state index contributed by atoms with van der Waals surface area (Å²) in [6.07, 6.45) is 0.342. The molecule has 0 aliphatic heterocycles. The highest BCUT2D eigenvalue weighted by molar-refractivity contribution is 6.00. The van der Waals surface area contributed by atoms with Gasteiger partial charge in [-0.2, -0.15) is 0 Å². The molecule has 0 aliphatic carbocycles. The molecule has 0 bridgehead atoms. The number of rotatable bonds is 5. The smallest absolute Gasteiger partial charge is 0.306 e. The summed E-state index contributed by atoms with van der Waals surface area (Å²) in [6.45, 7) is 14.1. The first kappa shape index (κ1) is 20.7. The highest BCUT2D eigenvalue weighted by atomic mass is 16.4. The van der Waals surface area contributed by atoms with E-state index in [2.05, 4.69) is 57.3 Å². The Labute approximate surface area is 162 Å². The van der Waals surface area contributed by atoms with Gasteiger partial charge in [0.1, 0.15) is 5.84 Å². The van der Waals surface area contributed by atoms with Crippen LogP contribution in [0.3, 0.4) is 0 Å². The number of nitrogens with zero attached hydrogens (tertiary/aromatic N) is 1. The first-order chi connectivity index (χ1) is 12.6. The molecule has 1 unspecified atom stereocenters. The van der Waals surface area contributed by atoms with Crippen LogP contribution in [0.2, 0.25) is 0 Å². The normalized spacial score (nSPS) is 12.8. The van der Waals surface area contributed by atoms with Crippen LogP contribution >= 0.6 is 0 Å². The Morgan fingerprint density at radius 1 is 0.926 bits per heavy atom. The standard InChI is InChI=1S/C23H30N2O2/c1-13-8-15(3)21(16(4)9-13)24-20(12-19(7)23(26)27)25-22-17(5)10-14(2)11-18(22)6/h8-11,19H,12H2,1-7H3,(H,24,25)(H,26,27). The fraction of sp³-hybridized carbons (Fsp3) is 0.391. The maximum absolute atomic E-state index is 11.4. The van der Waals surface area contributed by atoms with Crippen LogP contribution in [0.25, 0.3) is 0 Å². The van der Waals surface area contributed by atoms with Crippen LogP contribution < -0.4 is 5.32 Å². The molecular formula is C23H30N2O2. The highest BCUT2D eigenvalue weighted by Crippen LogP contribution is 2.28. The molecular weight excluding hydrogens is 336 g/mol. The Balaban J connectivity index is 2.51. The van der Waals surface area contributed by atoms with Crippen LogP contribution in [0.5, 0.6) is 0 Å². The predicted octanol–water partition coefficient (Wildman–Crippen LogP) is 5.79. The quantitative estimate of drug-likeness (QED) is 0.520. The van der Waals surface area contributed by atoms with E-state index in [9.17, 15) is 9.90 Å². The van der Waals surface area contributed by atoms with Gasteiger partial charge in [0.05, 0.1) is 11.6 Å². The van der Waals surface area contributed by atoms with Crippen LogP contribution in [0.15, 0.2) is 29.3 Å². The van der Waals surface area contributed by atoms with Gasteiger partial charge < -0.3 is 10.4 Å². The molecule has 27 heavy (non-hydrogen) atoms. The fourth-order valence-corrected chi connectivity index (χ4v) is 3.51. The summed E-state index contributed by atoms with van der Waals surface area (Å²) in [6, 6.07) is 8.45. The second-order valence-corrected chi connectivity index (χ2v) is 7.65. The molecule has 0 heterocycles. The largest absolute Gasteiger partial charge is 0.481 e. The van der Waals surface area contributed by atoms with Crippen LogP contribution in [0, 0.1) is 47.5 Å². The number of benzene rings is 2. The van der Waals surface area contributed by atoms with E-state index in [1.54, 1.807) is 6.92 Å². The molecule has 4 heteroatoms. The molecule has 0 saturated heterocycles. The van der Waals surface area contributed by atoms with Crippen molar-refractivity contribution in [2.24, 2.45) is 10.9 Å². The van der Waals surface area contributed by atoms with Crippen molar-refractivity contribution >= 4 is 23.2 Å². The maximum atomic E-state index is 11.4. The van der Waals surface area contributed by atoms with Crippen molar-refractivity contribution in [1.29, 1.82) is 0 Å². The number of aliphatic carboxylic acids is 1. The summed E-state index contributed by atoms with van der Waals surface area (Å²) in [5, 5.41) is 12.8. The van der Waals surface area contributed by atoms with E-state index in [1.165, 1.54) is 11.1 Å². The lowest BCUT2D eigenvalue weighted by molar-refractivity contribution is -0.140. The van der Waals surface area contributed by atoms with Crippen molar-refractivity contribution in [2.75, 3.05) is 5.32 Å². The van der Waals surface area contributed by atoms with Gasteiger partial charge in [0, 0.05) is 12.1 Å². The summed E-state index contributed by atoms with van der Waals surface area (Å²) >= 11 is 0. The predicted molar refractivity (Wildman–Crippen MR) is 113 cm³/mol. The number of hydrogen-bond donors (Lipinski definition) is 2. The maximum Gasteiger partial charge on any atom is 0.306 e. The van der Waals surface area contributed by atoms with Gasteiger partial charge in [-0.05, 0) is 63.8 Å². The third-order valence-corrected chi connectivity index (χ3v) is 4.75. The van der Waals surface area contributed by atoms with Gasteiger partial charge in [0.15, 0.2) is 0 Å². The third kappa shape index (κ3) is 5.19. The van der Waals surface area contributed by atoms with Gasteiger partial charge >= 0.3 is 5.97 Å². The van der Waals surface area contributed by atoms with E-state index in [-0.39, 0.29) is 0 Å². The monoisotopic (exact) mass is 366 g/mol. The van der Waals surface area contributed by atoms with E-state index in [1.807, 2.05) is 13.8 Å². The minimum Gasteiger partial charge on any atom is -0.481 e. The SMILES string of the molecule is Cc1cc(C)c(N=C(CC(C)C(=O)O)Nc2c(C)cc(C)cc2C)c(C)c1. The van der Waals surface area contributed by atoms with Crippen molar-refractivity contribution in [3.8, 4) is 0 Å². The number of aliphatic imine (C=N–C) groups is 1. The van der Waals surface area contributed by atoms with Crippen molar-refractivity contribution in [2.45, 2.75) is 54.9 Å². The van der Waals surface area contributed by atoms with E-state index < -0.39 is 11.9 Å². The Morgan fingerprint density at radius 3 is 1.81 bits per heavy atom. The van der Waals surface area contributed by atoms with Crippen molar-refractivity contribution in [3.05, 3.63) is 57.6 Å². The third-order valence-electron chi connectivity index (χ3n) is 4.75. The molecule has 0 saturated carbocycles. The summed E-state index contributed by atoms with van der Waals surface area (Å²) < 4.78 is 0. The number of hydrogen-bond acceptors (Lipinski definition) is 2. The van der Waals surface area contributed by atoms with Crippen LogP contribution in [0.4, 0.5) is 11.4 Å². The number of nitrogens with one attached hydrogen (secondary N) is 1. The molecule has 2 rings (SSSR count). The summed E-state index contributed by atoms with van der Waals surface area (Å²) in [7, 11) is 0. The zero-order valence-electron chi connectivity index (χ0n) is 17.4. The van der Waals surface area contributed by atoms with Crippen LogP contribution in [-0.2, 0) is 4.79 Å². The zero-order chi connectivity index (χ0) is 20.3. The van der Waals surface area contributed by atoms with Gasteiger partial charge in [-0.3, -0.25) is 4.79 Å². The Bertz CT molecular complexity index is 851. The molecule has 0 amide bonds. The van der Waals surface area contributed by atoms with Crippen molar-refractivity contribution in [1.82, 2.24) is 0 Å². The number of aryl methyl sites for hydroxylation is 6. The fourth-order valence-electron chi connectivity index (χ4n) is 3.51. The minimum absolute atomic E-state index is 0.342. The van der Waals surface area contributed by atoms with E-state index in [0.29, 0.717) is 12.3 Å². The number of anilines is 1. The Morgan fingerprint density at radius 2 is 1.37 bits per heavy atom. The number of carboxylic acids is 1. The highest BCUT2D eigenvalue weighted by Gasteiger charge is 2.17. The van der Waals surface area contributed by atoms with Crippen LogP contribution in [0.1, 0.15) is 46.7 Å². The lowest BCUT2D eigenvalue weighted by Crippen LogP contribution is -2.21. The Kier molecular flexibility index (Phi) is 6.42. The van der Waals surface area contributed by atoms with Gasteiger partial charge in [0.2, 0.25) is 0 Å². The molecule has 0 radical (unpaired) electrons. The first-order valence-corrected chi connectivity index (χ1v) is 9.31. The van der Waals surface area contributed by atoms with E-state index in [0.717, 1.165) is 33.6 Å². The van der Waals surface area contributed by atoms with E-state index in [4.69, 9.17) is 4.99 Å². The molecule has 2 aromatic carbocycles. The molecule has 2 aromatic rings. The first-order valence-electron chi connectivity index (χ1n) is 9.31. The minimum atomic E-state index is -0.820. The Hall–Kier alpha value is -2.62. The molecule has 0 aromatic heterocycles. The van der Waals surface area contributed by atoms with Crippen LogP contribution in [-0.4, -0.2) is 16.9 Å². The molecule has 0 spiro atoms. The molecule has 0 aliphatic rings. The molecule has 2 N–H and O–H groups in total. The second kappa shape index (κ2) is 8.38. The summed E-state index contributed by atoms with van der Waals surface area (Å²) in [5.74, 6) is -0.664. The summed E-state index contributed by atoms with van der Waals surface area (Å²) in [5.41, 5.74) is 8.74. The lowest BCUT2D eigenvalue weighted by Gasteiger charge is -2.18. The lowest BCUT2D eigenvalue weighted by atomic mass is 10.0. The van der Waals surface area contributed by atoms with Gasteiger partial charge in [-0.1, -0.05) is 42.3 Å². The molecule has 4 nitrogen and oxygen atoms in total.